The molecule has 1 heterocycles. The fraction of sp³-hybridized carbons (Fsp3) is 0.636. The molecule has 4 amide bonds. The van der Waals surface area contributed by atoms with E-state index in [0.29, 0.717) is 31.5 Å². The molecule has 29 heavy (non-hydrogen) atoms. The van der Waals surface area contributed by atoms with E-state index >= 15 is 0 Å². The zero-order chi connectivity index (χ0) is 20.5. The van der Waals surface area contributed by atoms with Crippen molar-refractivity contribution in [2.75, 3.05) is 31.6 Å². The maximum Gasteiger partial charge on any atom is 0.319 e. The molecule has 1 saturated carbocycles. The highest BCUT2D eigenvalue weighted by Gasteiger charge is 2.22. The Kier molecular flexibility index (Phi) is 8.16. The minimum atomic E-state index is -0.152. The van der Waals surface area contributed by atoms with Crippen molar-refractivity contribution in [3.8, 4) is 0 Å². The Labute approximate surface area is 173 Å². The summed E-state index contributed by atoms with van der Waals surface area (Å²) in [6.45, 7) is 4.83. The van der Waals surface area contributed by atoms with Crippen LogP contribution in [-0.4, -0.2) is 44.4 Å². The van der Waals surface area contributed by atoms with Gasteiger partial charge in [-0.25, -0.2) is 9.59 Å². The number of anilines is 1. The van der Waals surface area contributed by atoms with Crippen LogP contribution >= 0.6 is 0 Å². The van der Waals surface area contributed by atoms with Gasteiger partial charge in [-0.3, -0.25) is 0 Å². The van der Waals surface area contributed by atoms with Gasteiger partial charge in [-0.15, -0.1) is 0 Å². The molecule has 160 valence electrons. The summed E-state index contributed by atoms with van der Waals surface area (Å²) in [5.41, 5.74) is 1.98. The molecule has 2 aliphatic rings. The molecule has 1 aromatic carbocycles. The topological polar surface area (TPSA) is 91.5 Å². The fourth-order valence-corrected chi connectivity index (χ4v) is 4.00. The van der Waals surface area contributed by atoms with Gasteiger partial charge in [-0.05, 0) is 69.4 Å². The lowest BCUT2D eigenvalue weighted by atomic mass is 9.82. The highest BCUT2D eigenvalue weighted by atomic mass is 16.5. The number of rotatable bonds is 7. The average molecular weight is 403 g/mol. The normalized spacial score (nSPS) is 24.0. The lowest BCUT2D eigenvalue weighted by molar-refractivity contribution is 0.111. The molecule has 7 heteroatoms. The molecule has 1 saturated heterocycles. The van der Waals surface area contributed by atoms with E-state index in [1.54, 1.807) is 0 Å². The third kappa shape index (κ3) is 7.57. The molecule has 1 aliphatic heterocycles. The monoisotopic (exact) mass is 402 g/mol. The molecule has 2 fully saturated rings. The van der Waals surface area contributed by atoms with Crippen molar-refractivity contribution >= 4 is 17.7 Å². The highest BCUT2D eigenvalue weighted by Crippen LogP contribution is 2.28. The van der Waals surface area contributed by atoms with Crippen LogP contribution in [0.15, 0.2) is 24.3 Å². The third-order valence-corrected chi connectivity index (χ3v) is 5.89. The number of amides is 4. The number of hydrogen-bond donors (Lipinski definition) is 4. The van der Waals surface area contributed by atoms with Gasteiger partial charge in [0.15, 0.2) is 0 Å². The summed E-state index contributed by atoms with van der Waals surface area (Å²) >= 11 is 0. The van der Waals surface area contributed by atoms with Crippen molar-refractivity contribution in [2.45, 2.75) is 51.6 Å². The predicted molar refractivity (Wildman–Crippen MR) is 114 cm³/mol. The van der Waals surface area contributed by atoms with E-state index < -0.39 is 0 Å². The number of aryl methyl sites for hydroxylation is 1. The Morgan fingerprint density at radius 1 is 0.862 bits per heavy atom. The van der Waals surface area contributed by atoms with Crippen LogP contribution in [0.25, 0.3) is 0 Å². The van der Waals surface area contributed by atoms with Gasteiger partial charge < -0.3 is 26.0 Å². The SMILES string of the molecule is Cc1ccc(NC(=O)NCC2CCC(CNC(=O)NCC3CCCO3)CC2)cc1. The Morgan fingerprint density at radius 2 is 1.45 bits per heavy atom. The summed E-state index contributed by atoms with van der Waals surface area (Å²) in [5.74, 6) is 1.02. The molecular weight excluding hydrogens is 368 g/mol. The van der Waals surface area contributed by atoms with Crippen LogP contribution in [0, 0.1) is 18.8 Å². The first-order valence-electron chi connectivity index (χ1n) is 10.8. The van der Waals surface area contributed by atoms with Crippen molar-refractivity contribution in [1.82, 2.24) is 16.0 Å². The molecule has 1 atom stereocenters. The van der Waals surface area contributed by atoms with Crippen LogP contribution in [0.3, 0.4) is 0 Å². The van der Waals surface area contributed by atoms with E-state index in [1.807, 2.05) is 31.2 Å². The number of ether oxygens (including phenoxy) is 1. The van der Waals surface area contributed by atoms with Gasteiger partial charge in [0.05, 0.1) is 6.10 Å². The average Bonchev–Trinajstić information content (AvgIpc) is 3.25. The first kappa shape index (κ1) is 21.4. The number of urea groups is 2. The Morgan fingerprint density at radius 3 is 2.03 bits per heavy atom. The predicted octanol–water partition coefficient (Wildman–Crippen LogP) is 3.40. The maximum absolute atomic E-state index is 12.1. The first-order valence-corrected chi connectivity index (χ1v) is 10.8. The van der Waals surface area contributed by atoms with Gasteiger partial charge in [-0.1, -0.05) is 17.7 Å². The molecule has 0 spiro atoms. The van der Waals surface area contributed by atoms with Gasteiger partial charge in [0.2, 0.25) is 0 Å². The van der Waals surface area contributed by atoms with E-state index in [2.05, 4.69) is 21.3 Å². The second kappa shape index (κ2) is 11.0. The van der Waals surface area contributed by atoms with Crippen LogP contribution < -0.4 is 21.3 Å². The highest BCUT2D eigenvalue weighted by molar-refractivity contribution is 5.89. The standard InChI is InChI=1S/C22H34N4O3/c1-16-4-10-19(11-5-16)26-22(28)24-14-18-8-6-17(7-9-18)13-23-21(27)25-15-20-3-2-12-29-20/h4-5,10-11,17-18,20H,2-3,6-9,12-15H2,1H3,(H2,23,25,27)(H2,24,26,28). The van der Waals surface area contributed by atoms with Crippen LogP contribution in [0.4, 0.5) is 15.3 Å². The molecule has 4 N–H and O–H groups in total. The minimum absolute atomic E-state index is 0.0999. The number of hydrogen-bond acceptors (Lipinski definition) is 3. The number of nitrogens with one attached hydrogen (secondary N) is 4. The maximum atomic E-state index is 12.1. The van der Waals surface area contributed by atoms with Crippen molar-refractivity contribution in [3.63, 3.8) is 0 Å². The van der Waals surface area contributed by atoms with Crippen molar-refractivity contribution in [2.24, 2.45) is 11.8 Å². The first-order chi connectivity index (χ1) is 14.1. The summed E-state index contributed by atoms with van der Waals surface area (Å²) in [6.07, 6.45) is 6.60. The molecule has 1 unspecified atom stereocenters. The summed E-state index contributed by atoms with van der Waals surface area (Å²) < 4.78 is 5.51. The Hall–Kier alpha value is -2.28. The Bertz CT molecular complexity index is 651. The van der Waals surface area contributed by atoms with Crippen molar-refractivity contribution in [1.29, 1.82) is 0 Å². The second-order valence-corrected chi connectivity index (χ2v) is 8.31. The van der Waals surface area contributed by atoms with Gasteiger partial charge in [0.1, 0.15) is 0 Å². The van der Waals surface area contributed by atoms with Crippen LogP contribution in [0.2, 0.25) is 0 Å². The molecule has 3 rings (SSSR count). The zero-order valence-electron chi connectivity index (χ0n) is 17.3. The lowest BCUT2D eigenvalue weighted by Gasteiger charge is -2.28. The largest absolute Gasteiger partial charge is 0.376 e. The number of carbonyl (C=O) groups excluding carboxylic acids is 2. The minimum Gasteiger partial charge on any atom is -0.376 e. The molecule has 0 radical (unpaired) electrons. The summed E-state index contributed by atoms with van der Waals surface area (Å²) in [5, 5.41) is 11.7. The van der Waals surface area contributed by atoms with E-state index in [0.717, 1.165) is 50.8 Å². The van der Waals surface area contributed by atoms with E-state index in [1.165, 1.54) is 5.56 Å². The van der Waals surface area contributed by atoms with Gasteiger partial charge >= 0.3 is 12.1 Å². The van der Waals surface area contributed by atoms with Crippen LogP contribution in [0.5, 0.6) is 0 Å². The smallest absolute Gasteiger partial charge is 0.319 e. The molecule has 1 aromatic rings. The quantitative estimate of drug-likeness (QED) is 0.563. The number of benzene rings is 1. The second-order valence-electron chi connectivity index (χ2n) is 8.31. The summed E-state index contributed by atoms with van der Waals surface area (Å²) in [6, 6.07) is 7.52. The molecule has 0 aromatic heterocycles. The van der Waals surface area contributed by atoms with Gasteiger partial charge in [0.25, 0.3) is 0 Å². The summed E-state index contributed by atoms with van der Waals surface area (Å²) in [4.78, 5) is 24.0. The zero-order valence-corrected chi connectivity index (χ0v) is 17.3. The van der Waals surface area contributed by atoms with E-state index in [4.69, 9.17) is 4.74 Å². The van der Waals surface area contributed by atoms with Crippen molar-refractivity contribution in [3.05, 3.63) is 29.8 Å². The lowest BCUT2D eigenvalue weighted by Crippen LogP contribution is -2.42. The van der Waals surface area contributed by atoms with Crippen LogP contribution in [0.1, 0.15) is 44.1 Å². The number of carbonyl (C=O) groups is 2. The van der Waals surface area contributed by atoms with Crippen LogP contribution in [-0.2, 0) is 4.74 Å². The molecular formula is C22H34N4O3. The molecule has 1 aliphatic carbocycles. The molecule has 7 nitrogen and oxygen atoms in total. The molecule has 0 bridgehead atoms. The fourth-order valence-electron chi connectivity index (χ4n) is 4.00. The van der Waals surface area contributed by atoms with Crippen molar-refractivity contribution < 1.29 is 14.3 Å². The third-order valence-electron chi connectivity index (χ3n) is 5.89. The van der Waals surface area contributed by atoms with E-state index in [-0.39, 0.29) is 18.2 Å². The van der Waals surface area contributed by atoms with Gasteiger partial charge in [-0.2, -0.15) is 0 Å². The Balaban J connectivity index is 1.24. The van der Waals surface area contributed by atoms with Gasteiger partial charge in [0, 0.05) is 31.9 Å². The summed E-state index contributed by atoms with van der Waals surface area (Å²) in [7, 11) is 0. The van der Waals surface area contributed by atoms with E-state index in [9.17, 15) is 9.59 Å².